The molecule has 132 valence electrons. The van der Waals surface area contributed by atoms with E-state index in [1.165, 1.54) is 31.0 Å². The Balaban J connectivity index is 1.21. The molecule has 25 heavy (non-hydrogen) atoms. The van der Waals surface area contributed by atoms with Gasteiger partial charge in [-0.3, -0.25) is 9.89 Å². The number of H-pyrrole nitrogens is 1. The summed E-state index contributed by atoms with van der Waals surface area (Å²) in [6.07, 6.45) is 5.07. The molecule has 2 fully saturated rings. The number of hydrogen-bond acceptors (Lipinski definition) is 5. The number of para-hydroxylation sites is 1. The van der Waals surface area contributed by atoms with Crippen LogP contribution < -0.4 is 10.1 Å². The van der Waals surface area contributed by atoms with Crippen LogP contribution in [0.3, 0.4) is 0 Å². The lowest BCUT2D eigenvalue weighted by atomic mass is 9.95. The van der Waals surface area contributed by atoms with Gasteiger partial charge in [0.2, 0.25) is 11.1 Å². The van der Waals surface area contributed by atoms with E-state index in [0.717, 1.165) is 18.1 Å². The summed E-state index contributed by atoms with van der Waals surface area (Å²) in [5.41, 5.74) is 0. The highest BCUT2D eigenvalue weighted by Crippen LogP contribution is 2.44. The smallest absolute Gasteiger partial charge is 0.230 e. The number of carbonyl (C=O) groups is 1. The van der Waals surface area contributed by atoms with E-state index in [-0.39, 0.29) is 5.91 Å². The van der Waals surface area contributed by atoms with Crippen molar-refractivity contribution in [1.82, 2.24) is 20.5 Å². The highest BCUT2D eigenvalue weighted by atomic mass is 32.2. The van der Waals surface area contributed by atoms with Crippen molar-refractivity contribution in [2.75, 3.05) is 5.75 Å². The molecule has 0 spiro atoms. The van der Waals surface area contributed by atoms with Crippen LogP contribution in [0.2, 0.25) is 0 Å². The fourth-order valence-corrected chi connectivity index (χ4v) is 4.50. The van der Waals surface area contributed by atoms with Gasteiger partial charge in [-0.25, -0.2) is 4.98 Å². The van der Waals surface area contributed by atoms with Crippen LogP contribution >= 0.6 is 11.8 Å². The number of fused-ring (bicyclic) bond motifs is 2. The van der Waals surface area contributed by atoms with Gasteiger partial charge in [-0.15, -0.1) is 5.10 Å². The predicted molar refractivity (Wildman–Crippen MR) is 95.3 cm³/mol. The van der Waals surface area contributed by atoms with Crippen LogP contribution in [-0.2, 0) is 11.4 Å². The molecule has 7 heteroatoms. The van der Waals surface area contributed by atoms with E-state index in [1.807, 2.05) is 30.3 Å². The van der Waals surface area contributed by atoms with Crippen molar-refractivity contribution in [2.45, 2.75) is 43.5 Å². The third kappa shape index (κ3) is 4.15. The van der Waals surface area contributed by atoms with E-state index in [0.29, 0.717) is 35.3 Å². The van der Waals surface area contributed by atoms with Crippen LogP contribution in [0.5, 0.6) is 5.75 Å². The standard InChI is InChI=1S/C18H22N4O2S/c23-17(19-15-9-12-6-7-13(15)8-12)11-25-18-20-16(21-22-18)10-24-14-4-2-1-3-5-14/h1-5,12-13,15H,6-11H2,(H,19,23)(H,20,21,22)/t12-,13-,15+/m0/s1. The molecule has 2 bridgehead atoms. The van der Waals surface area contributed by atoms with E-state index in [9.17, 15) is 4.79 Å². The van der Waals surface area contributed by atoms with Gasteiger partial charge < -0.3 is 10.1 Å². The molecule has 0 unspecified atom stereocenters. The number of ether oxygens (including phenoxy) is 1. The number of carbonyl (C=O) groups excluding carboxylic acids is 1. The maximum Gasteiger partial charge on any atom is 0.230 e. The quantitative estimate of drug-likeness (QED) is 0.744. The molecule has 4 rings (SSSR count). The SMILES string of the molecule is O=C(CSc1n[nH]c(COc2ccccc2)n1)N[C@@H]1C[C@H]2CC[C@H]1C2. The number of rotatable bonds is 7. The molecule has 6 nitrogen and oxygen atoms in total. The Morgan fingerprint density at radius 1 is 1.28 bits per heavy atom. The molecule has 0 saturated heterocycles. The van der Waals surface area contributed by atoms with Gasteiger partial charge in [0.25, 0.3) is 0 Å². The molecule has 2 aliphatic carbocycles. The summed E-state index contributed by atoms with van der Waals surface area (Å²) < 4.78 is 5.63. The number of nitrogens with one attached hydrogen (secondary N) is 2. The first-order valence-corrected chi connectivity index (χ1v) is 9.76. The molecule has 2 aromatic rings. The number of amides is 1. The van der Waals surface area contributed by atoms with E-state index < -0.39 is 0 Å². The lowest BCUT2D eigenvalue weighted by molar-refractivity contribution is -0.119. The van der Waals surface area contributed by atoms with Crippen molar-refractivity contribution < 1.29 is 9.53 Å². The van der Waals surface area contributed by atoms with Gasteiger partial charge in [-0.1, -0.05) is 36.4 Å². The first-order valence-electron chi connectivity index (χ1n) is 8.77. The largest absolute Gasteiger partial charge is 0.486 e. The van der Waals surface area contributed by atoms with Gasteiger partial charge in [-0.05, 0) is 43.2 Å². The molecule has 3 atom stereocenters. The zero-order valence-electron chi connectivity index (χ0n) is 14.0. The Kier molecular flexibility index (Phi) is 4.92. The minimum absolute atomic E-state index is 0.0782. The molecule has 1 aromatic heterocycles. The molecule has 0 aliphatic heterocycles. The van der Waals surface area contributed by atoms with Crippen molar-refractivity contribution in [1.29, 1.82) is 0 Å². The highest BCUT2D eigenvalue weighted by molar-refractivity contribution is 7.99. The van der Waals surface area contributed by atoms with Crippen molar-refractivity contribution in [2.24, 2.45) is 11.8 Å². The van der Waals surface area contributed by atoms with E-state index in [1.54, 1.807) is 0 Å². The van der Waals surface area contributed by atoms with Crippen LogP contribution in [0, 0.1) is 11.8 Å². The molecule has 1 heterocycles. The Hall–Kier alpha value is -2.02. The Bertz CT molecular complexity index is 721. The number of aromatic nitrogens is 3. The monoisotopic (exact) mass is 358 g/mol. The molecular weight excluding hydrogens is 336 g/mol. The van der Waals surface area contributed by atoms with Crippen LogP contribution in [0.4, 0.5) is 0 Å². The third-order valence-electron chi connectivity index (χ3n) is 5.05. The van der Waals surface area contributed by atoms with Crippen LogP contribution in [0.1, 0.15) is 31.5 Å². The first kappa shape index (κ1) is 16.4. The van der Waals surface area contributed by atoms with Gasteiger partial charge >= 0.3 is 0 Å². The average molecular weight is 358 g/mol. The Labute approximate surface area is 151 Å². The summed E-state index contributed by atoms with van der Waals surface area (Å²) in [5.74, 6) is 3.41. The normalized spacial score (nSPS) is 24.4. The average Bonchev–Trinajstić information content (AvgIpc) is 3.36. The molecule has 1 amide bonds. The van der Waals surface area contributed by atoms with Crippen molar-refractivity contribution in [3.8, 4) is 5.75 Å². The molecule has 2 saturated carbocycles. The lowest BCUT2D eigenvalue weighted by Gasteiger charge is -2.22. The molecule has 2 aliphatic rings. The van der Waals surface area contributed by atoms with Gasteiger partial charge in [0, 0.05) is 6.04 Å². The summed E-state index contributed by atoms with van der Waals surface area (Å²) in [6.45, 7) is 0.328. The zero-order chi connectivity index (χ0) is 17.1. The predicted octanol–water partition coefficient (Wildman–Crippen LogP) is 2.78. The van der Waals surface area contributed by atoms with E-state index in [2.05, 4.69) is 20.5 Å². The minimum atomic E-state index is 0.0782. The van der Waals surface area contributed by atoms with E-state index in [4.69, 9.17) is 4.74 Å². The Morgan fingerprint density at radius 2 is 2.16 bits per heavy atom. The summed E-state index contributed by atoms with van der Waals surface area (Å²) in [5, 5.41) is 10.8. The van der Waals surface area contributed by atoms with Crippen molar-refractivity contribution in [3.63, 3.8) is 0 Å². The van der Waals surface area contributed by atoms with Crippen LogP contribution in [0.15, 0.2) is 35.5 Å². The molecule has 1 aromatic carbocycles. The van der Waals surface area contributed by atoms with Gasteiger partial charge in [0.15, 0.2) is 5.82 Å². The number of nitrogens with zero attached hydrogens (tertiary/aromatic N) is 2. The van der Waals surface area contributed by atoms with E-state index >= 15 is 0 Å². The van der Waals surface area contributed by atoms with Crippen molar-refractivity contribution in [3.05, 3.63) is 36.2 Å². The lowest BCUT2D eigenvalue weighted by Crippen LogP contribution is -2.39. The second-order valence-corrected chi connectivity index (χ2v) is 7.75. The number of aromatic amines is 1. The molecular formula is C18H22N4O2S. The summed E-state index contributed by atoms with van der Waals surface area (Å²) in [7, 11) is 0. The Morgan fingerprint density at radius 3 is 2.92 bits per heavy atom. The van der Waals surface area contributed by atoms with Gasteiger partial charge in [-0.2, -0.15) is 0 Å². The number of hydrogen-bond donors (Lipinski definition) is 2. The highest BCUT2D eigenvalue weighted by Gasteiger charge is 2.39. The fourth-order valence-electron chi connectivity index (χ4n) is 3.88. The van der Waals surface area contributed by atoms with Gasteiger partial charge in [0.1, 0.15) is 12.4 Å². The van der Waals surface area contributed by atoms with Gasteiger partial charge in [0.05, 0.1) is 5.75 Å². The fraction of sp³-hybridized carbons (Fsp3) is 0.500. The van der Waals surface area contributed by atoms with Crippen LogP contribution in [0.25, 0.3) is 0 Å². The van der Waals surface area contributed by atoms with Crippen LogP contribution in [-0.4, -0.2) is 32.9 Å². The summed E-state index contributed by atoms with van der Waals surface area (Å²) in [4.78, 5) is 16.5. The first-order chi connectivity index (χ1) is 12.3. The topological polar surface area (TPSA) is 79.9 Å². The molecule has 2 N–H and O–H groups in total. The summed E-state index contributed by atoms with van der Waals surface area (Å²) in [6, 6.07) is 9.96. The van der Waals surface area contributed by atoms with Crippen molar-refractivity contribution >= 4 is 17.7 Å². The number of benzene rings is 1. The summed E-state index contributed by atoms with van der Waals surface area (Å²) >= 11 is 1.35. The third-order valence-corrected chi connectivity index (χ3v) is 5.89. The zero-order valence-corrected chi connectivity index (χ0v) is 14.8. The second-order valence-electron chi connectivity index (χ2n) is 6.80. The molecule has 0 radical (unpaired) electrons. The minimum Gasteiger partial charge on any atom is -0.486 e. The maximum atomic E-state index is 12.1. The number of thioether (sulfide) groups is 1. The maximum absolute atomic E-state index is 12.1. The second kappa shape index (κ2) is 7.47.